The second-order valence-corrected chi connectivity index (χ2v) is 14.4. The first-order chi connectivity index (χ1) is 23.5. The average Bonchev–Trinajstić information content (AvgIpc) is 3.76. The lowest BCUT2D eigenvalue weighted by molar-refractivity contribution is -0.162. The highest BCUT2D eigenvalue weighted by molar-refractivity contribution is 7.80. The van der Waals surface area contributed by atoms with Crippen LogP contribution in [0.1, 0.15) is 52.5 Å². The summed E-state index contributed by atoms with van der Waals surface area (Å²) in [5.74, 6) is -0.811. The molecule has 0 saturated carbocycles. The van der Waals surface area contributed by atoms with Crippen LogP contribution in [0.5, 0.6) is 5.75 Å². The van der Waals surface area contributed by atoms with E-state index >= 15 is 0 Å². The van der Waals surface area contributed by atoms with Crippen molar-refractivity contribution in [2.75, 3.05) is 39.0 Å². The normalized spacial score (nSPS) is 33.3. The van der Waals surface area contributed by atoms with Gasteiger partial charge in [-0.1, -0.05) is 42.3 Å². The zero-order valence-electron chi connectivity index (χ0n) is 29.8. The van der Waals surface area contributed by atoms with Crippen molar-refractivity contribution in [3.8, 4) is 5.75 Å². The smallest absolute Gasteiger partial charge is 0.409 e. The topological polar surface area (TPSA) is 160 Å². The van der Waals surface area contributed by atoms with E-state index in [1.165, 1.54) is 24.0 Å². The third-order valence-electron chi connectivity index (χ3n) is 10.0. The fourth-order valence-electron chi connectivity index (χ4n) is 6.59. The lowest BCUT2D eigenvalue weighted by Crippen LogP contribution is -2.63. The summed E-state index contributed by atoms with van der Waals surface area (Å²) in [7, 11) is 6.11. The van der Waals surface area contributed by atoms with E-state index in [4.69, 9.17) is 35.3 Å². The maximum absolute atomic E-state index is 14.1. The van der Waals surface area contributed by atoms with Crippen molar-refractivity contribution in [1.82, 2.24) is 10.2 Å². The molecule has 4 bridgehead atoms. The van der Waals surface area contributed by atoms with Gasteiger partial charge in [-0.25, -0.2) is 4.79 Å². The number of hydrogen-bond acceptors (Lipinski definition) is 12. The van der Waals surface area contributed by atoms with Gasteiger partial charge in [0.15, 0.2) is 5.72 Å². The van der Waals surface area contributed by atoms with Gasteiger partial charge in [-0.05, 0) is 64.1 Å². The quantitative estimate of drug-likeness (QED) is 0.134. The molecule has 0 spiro atoms. The minimum Gasteiger partial charge on any atom is -0.495 e. The molecule has 3 aliphatic heterocycles. The predicted molar refractivity (Wildman–Crippen MR) is 190 cm³/mol. The molecular formula is C35H50ClN3O10S. The summed E-state index contributed by atoms with van der Waals surface area (Å²) < 4.78 is 29.1. The Kier molecular flexibility index (Phi) is 13.0. The van der Waals surface area contributed by atoms with E-state index in [9.17, 15) is 24.6 Å². The van der Waals surface area contributed by atoms with Crippen LogP contribution >= 0.6 is 24.2 Å². The number of nitrogens with zero attached hydrogens (tertiary/aromatic N) is 2. The number of allylic oxidation sites excluding steroid dienone is 3. The van der Waals surface area contributed by atoms with Gasteiger partial charge >= 0.3 is 12.1 Å². The maximum atomic E-state index is 14.1. The largest absolute Gasteiger partial charge is 0.495 e. The first kappa shape index (κ1) is 39.9. The Morgan fingerprint density at radius 1 is 1.30 bits per heavy atom. The number of rotatable bonds is 8. The van der Waals surface area contributed by atoms with E-state index in [1.54, 1.807) is 59.2 Å². The third-order valence-corrected chi connectivity index (χ3v) is 10.7. The predicted octanol–water partition coefficient (Wildman–Crippen LogP) is 3.63. The Hall–Kier alpha value is -2.85. The number of methoxy groups -OCH3 is 2. The lowest BCUT2D eigenvalue weighted by Gasteiger charge is -2.42. The molecule has 278 valence electrons. The van der Waals surface area contributed by atoms with Gasteiger partial charge in [0.05, 0.1) is 25.3 Å². The number of carbonyl (C=O) groups excluding carboxylic acids is 3. The molecule has 4 rings (SSSR count). The van der Waals surface area contributed by atoms with Crippen molar-refractivity contribution in [1.29, 1.82) is 0 Å². The number of anilines is 1. The number of carbonyl (C=O) groups is 3. The fourth-order valence-corrected chi connectivity index (χ4v) is 7.13. The highest BCUT2D eigenvalue weighted by atomic mass is 35.5. The Balaban J connectivity index is 1.77. The zero-order chi connectivity index (χ0) is 37.1. The Morgan fingerprint density at radius 3 is 2.64 bits per heavy atom. The minimum absolute atomic E-state index is 0.0392. The molecule has 1 aromatic rings. The highest BCUT2D eigenvalue weighted by Gasteiger charge is 2.64. The Bertz CT molecular complexity index is 1490. The van der Waals surface area contributed by atoms with Gasteiger partial charge in [-0.15, -0.1) is 0 Å². The number of esters is 1. The molecular weight excluding hydrogens is 690 g/mol. The fraction of sp³-hybridized carbons (Fsp3) is 0.629. The molecule has 2 unspecified atom stereocenters. The van der Waals surface area contributed by atoms with E-state index in [0.29, 0.717) is 30.0 Å². The van der Waals surface area contributed by atoms with Gasteiger partial charge in [-0.3, -0.25) is 19.8 Å². The summed E-state index contributed by atoms with van der Waals surface area (Å²) in [5, 5.41) is 25.0. The van der Waals surface area contributed by atoms with E-state index in [-0.39, 0.29) is 17.9 Å². The summed E-state index contributed by atoms with van der Waals surface area (Å²) >= 11 is 10.9. The summed E-state index contributed by atoms with van der Waals surface area (Å²) in [6.45, 7) is 7.06. The minimum atomic E-state index is -1.81. The molecule has 3 heterocycles. The van der Waals surface area contributed by atoms with Crippen LogP contribution in [0.4, 0.5) is 10.5 Å². The highest BCUT2D eigenvalue weighted by Crippen LogP contribution is 2.49. The van der Waals surface area contributed by atoms with Crippen LogP contribution in [-0.4, -0.2) is 115 Å². The van der Waals surface area contributed by atoms with Crippen LogP contribution in [0.2, 0.25) is 5.02 Å². The van der Waals surface area contributed by atoms with Gasteiger partial charge in [0.1, 0.15) is 47.0 Å². The van der Waals surface area contributed by atoms with Crippen LogP contribution in [0, 0.1) is 5.92 Å². The molecule has 15 heteroatoms. The van der Waals surface area contributed by atoms with E-state index < -0.39 is 71.9 Å². The van der Waals surface area contributed by atoms with Crippen molar-refractivity contribution in [3.63, 3.8) is 0 Å². The maximum Gasteiger partial charge on any atom is 0.409 e. The van der Waals surface area contributed by atoms with Gasteiger partial charge in [0, 0.05) is 26.5 Å². The van der Waals surface area contributed by atoms with E-state index in [1.807, 2.05) is 13.0 Å². The van der Waals surface area contributed by atoms with Crippen molar-refractivity contribution >= 4 is 47.9 Å². The summed E-state index contributed by atoms with van der Waals surface area (Å²) in [4.78, 5) is 43.3. The third kappa shape index (κ3) is 8.60. The molecule has 3 N–H and O–H groups in total. The van der Waals surface area contributed by atoms with Gasteiger partial charge in [0.2, 0.25) is 5.91 Å². The van der Waals surface area contributed by atoms with Crippen molar-refractivity contribution in [3.05, 3.63) is 46.5 Å². The zero-order valence-corrected chi connectivity index (χ0v) is 31.5. The summed E-state index contributed by atoms with van der Waals surface area (Å²) in [6.07, 6.45) is 0.464. The molecule has 2 saturated heterocycles. The van der Waals surface area contributed by atoms with Crippen LogP contribution in [0.15, 0.2) is 35.9 Å². The van der Waals surface area contributed by atoms with Crippen LogP contribution < -0.4 is 15.0 Å². The number of epoxide rings is 1. The number of amides is 2. The number of aliphatic hydroxyl groups is 2. The number of aliphatic hydroxyl groups excluding tert-OH is 1. The number of ether oxygens (including phenoxy) is 5. The van der Waals surface area contributed by atoms with Crippen molar-refractivity contribution in [2.45, 2.75) is 101 Å². The second kappa shape index (κ2) is 16.2. The number of benzene rings is 1. The molecule has 50 heavy (non-hydrogen) atoms. The van der Waals surface area contributed by atoms with Crippen LogP contribution in [0.25, 0.3) is 0 Å². The second-order valence-electron chi connectivity index (χ2n) is 13.6. The first-order valence-electron chi connectivity index (χ1n) is 16.6. The number of alkyl carbamates (subject to hydrolysis) is 1. The molecule has 0 aliphatic carbocycles. The monoisotopic (exact) mass is 739 g/mol. The Morgan fingerprint density at radius 2 is 2.00 bits per heavy atom. The molecule has 1 aromatic carbocycles. The van der Waals surface area contributed by atoms with Crippen molar-refractivity contribution in [2.24, 2.45) is 5.92 Å². The van der Waals surface area contributed by atoms with Crippen LogP contribution in [-0.2, 0) is 35.0 Å². The lowest BCUT2D eigenvalue weighted by atomic mass is 9.83. The number of likely N-dealkylation sites (N-methyl/N-ethyl adjacent to an activating group) is 1. The molecule has 0 aromatic heterocycles. The molecule has 13 nitrogen and oxygen atoms in total. The molecule has 3 aliphatic rings. The van der Waals surface area contributed by atoms with Gasteiger partial charge < -0.3 is 38.8 Å². The standard InChI is InChI=1S/C35H50ClN3O10S/c1-19-10-9-11-26(46-8)35(44)18-25(47-33(43)37-35)20(2)31-34(4,49-31)27(48-32(42)21(3)38(5)28(40)12-13-50)17-29(41)39(6)23-15-22(14-19)16-24(45-7)30(23)36/h9-11,15-16,20-21,25-28,31,40,44,50H,12-14,17-18H2,1-8H3,(H,37,43)/b11-9+,19-10+/t20-,21+,25?,26-,27+,28?,31+,34+,35+/m1/s1. The van der Waals surface area contributed by atoms with Gasteiger partial charge in [0.25, 0.3) is 0 Å². The number of halogens is 1. The number of nitrogens with one attached hydrogen (secondary N) is 1. The summed E-state index contributed by atoms with van der Waals surface area (Å²) in [5.41, 5.74) is -0.846. The number of fused-ring (bicyclic) bond motifs is 5. The average molecular weight is 740 g/mol. The molecule has 2 fully saturated rings. The van der Waals surface area contributed by atoms with E-state index in [0.717, 1.165) is 11.1 Å². The number of thiol groups is 1. The van der Waals surface area contributed by atoms with Gasteiger partial charge in [-0.2, -0.15) is 12.6 Å². The first-order valence-corrected chi connectivity index (χ1v) is 17.6. The number of hydrogen-bond donors (Lipinski definition) is 4. The van der Waals surface area contributed by atoms with Crippen molar-refractivity contribution < 1.29 is 48.3 Å². The molecule has 2 amide bonds. The van der Waals surface area contributed by atoms with Crippen LogP contribution in [0.3, 0.4) is 0 Å². The summed E-state index contributed by atoms with van der Waals surface area (Å²) in [6, 6.07) is 2.72. The SMILES string of the molecule is COc1cc2cc(c1Cl)N(C)C(=O)C[C@H](OC(=O)[C@H](C)N(C)C(O)CCS)[C@]1(C)O[C@H]1[C@H](C)C1C[C@@](O)(NC(=O)O1)[C@H](OC)/C=C/C=C(\C)C2. The Labute approximate surface area is 304 Å². The molecule has 0 radical (unpaired) electrons. The van der Waals surface area contributed by atoms with E-state index in [2.05, 4.69) is 17.9 Å². The molecule has 9 atom stereocenters.